The van der Waals surface area contributed by atoms with Crippen molar-refractivity contribution in [3.05, 3.63) is 0 Å². The second-order valence-electron chi connectivity index (χ2n) is 4.07. The number of hydrogen-bond acceptors (Lipinski definition) is 5. The molecule has 0 bridgehead atoms. The van der Waals surface area contributed by atoms with Crippen LogP contribution in [0.1, 0.15) is 34.1 Å². The average molecular weight is 308 g/mol. The van der Waals surface area contributed by atoms with Crippen LogP contribution in [0.4, 0.5) is 0 Å². The summed E-state index contributed by atoms with van der Waals surface area (Å²) in [6.45, 7) is 7.75. The first-order valence-electron chi connectivity index (χ1n) is 6.77. The lowest BCUT2D eigenvalue weighted by molar-refractivity contribution is -0.155. The molecular formula is C12H24O7Si. The summed E-state index contributed by atoms with van der Waals surface area (Å²) in [6, 6.07) is 0. The standard InChI is InChI=1S/C12H24O7Si/c1-5-9(10(11(13)14)12(15)16)20(17-6-2,18-7-3)19-8-4/h9-10H,5-8H2,1-4H3,(H,13,14)(H,15,16). The molecule has 0 radical (unpaired) electrons. The summed E-state index contributed by atoms with van der Waals surface area (Å²) < 4.78 is 16.8. The number of rotatable bonds is 11. The highest BCUT2D eigenvalue weighted by atomic mass is 28.4. The highest BCUT2D eigenvalue weighted by Gasteiger charge is 2.56. The largest absolute Gasteiger partial charge is 0.505 e. The van der Waals surface area contributed by atoms with E-state index >= 15 is 0 Å². The maximum Gasteiger partial charge on any atom is 0.505 e. The van der Waals surface area contributed by atoms with Gasteiger partial charge in [-0.05, 0) is 27.2 Å². The first-order chi connectivity index (χ1) is 9.40. The Balaban J connectivity index is 5.64. The lowest BCUT2D eigenvalue weighted by Gasteiger charge is -2.36. The van der Waals surface area contributed by atoms with Crippen LogP contribution in [0.5, 0.6) is 0 Å². The van der Waals surface area contributed by atoms with E-state index in [2.05, 4.69) is 0 Å². The summed E-state index contributed by atoms with van der Waals surface area (Å²) >= 11 is 0. The van der Waals surface area contributed by atoms with Gasteiger partial charge in [0, 0.05) is 19.8 Å². The molecule has 0 fully saturated rings. The second kappa shape index (κ2) is 9.06. The Morgan fingerprint density at radius 1 is 0.900 bits per heavy atom. The van der Waals surface area contributed by atoms with Gasteiger partial charge in [-0.2, -0.15) is 0 Å². The van der Waals surface area contributed by atoms with Gasteiger partial charge >= 0.3 is 20.7 Å². The van der Waals surface area contributed by atoms with Gasteiger partial charge in [-0.3, -0.25) is 9.59 Å². The third-order valence-corrected chi connectivity index (χ3v) is 6.59. The molecule has 0 aromatic heterocycles. The minimum Gasteiger partial charge on any atom is -0.481 e. The summed E-state index contributed by atoms with van der Waals surface area (Å²) in [4.78, 5) is 22.6. The van der Waals surface area contributed by atoms with E-state index in [0.717, 1.165) is 0 Å². The van der Waals surface area contributed by atoms with Crippen LogP contribution in [-0.4, -0.2) is 50.8 Å². The monoisotopic (exact) mass is 308 g/mol. The SMILES string of the molecule is CCO[Si](OCC)(OCC)C(CC)C(C(=O)O)C(=O)O. The Morgan fingerprint density at radius 2 is 1.25 bits per heavy atom. The molecule has 0 aliphatic carbocycles. The molecule has 1 unspecified atom stereocenters. The van der Waals surface area contributed by atoms with E-state index in [1.54, 1.807) is 27.7 Å². The quantitative estimate of drug-likeness (QED) is 0.441. The fourth-order valence-corrected chi connectivity index (χ4v) is 5.48. The minimum atomic E-state index is -3.38. The zero-order valence-electron chi connectivity index (χ0n) is 12.4. The minimum absolute atomic E-state index is 0.273. The van der Waals surface area contributed by atoms with E-state index in [1.165, 1.54) is 0 Å². The van der Waals surface area contributed by atoms with Crippen molar-refractivity contribution in [1.29, 1.82) is 0 Å². The Kier molecular flexibility index (Phi) is 8.62. The maximum absolute atomic E-state index is 11.3. The molecule has 0 aliphatic rings. The van der Waals surface area contributed by atoms with Crippen LogP contribution in [0.2, 0.25) is 5.54 Å². The summed E-state index contributed by atoms with van der Waals surface area (Å²) in [5, 5.41) is 18.4. The summed E-state index contributed by atoms with van der Waals surface area (Å²) in [5.74, 6) is -4.41. The molecule has 0 rings (SSSR count). The summed E-state index contributed by atoms with van der Waals surface area (Å²) in [7, 11) is -3.38. The van der Waals surface area contributed by atoms with Crippen molar-refractivity contribution >= 4 is 20.7 Å². The molecule has 0 heterocycles. The van der Waals surface area contributed by atoms with E-state index in [9.17, 15) is 19.8 Å². The van der Waals surface area contributed by atoms with Crippen LogP contribution < -0.4 is 0 Å². The normalized spacial score (nSPS) is 13.4. The predicted molar refractivity (Wildman–Crippen MR) is 73.4 cm³/mol. The molecule has 0 aliphatic heterocycles. The second-order valence-corrected chi connectivity index (χ2v) is 6.89. The molecule has 0 spiro atoms. The average Bonchev–Trinajstić information content (AvgIpc) is 2.35. The Hall–Kier alpha value is -0.963. The molecule has 1 atom stereocenters. The zero-order chi connectivity index (χ0) is 15.8. The van der Waals surface area contributed by atoms with E-state index < -0.39 is 32.2 Å². The fraction of sp³-hybridized carbons (Fsp3) is 0.833. The molecule has 0 aromatic carbocycles. The third-order valence-electron chi connectivity index (χ3n) is 2.86. The third kappa shape index (κ3) is 4.55. The van der Waals surface area contributed by atoms with Gasteiger partial charge in [-0.1, -0.05) is 6.92 Å². The van der Waals surface area contributed by atoms with Gasteiger partial charge in [-0.25, -0.2) is 0 Å². The van der Waals surface area contributed by atoms with Crippen LogP contribution in [0, 0.1) is 5.92 Å². The number of aliphatic carboxylic acids is 2. The molecule has 0 saturated carbocycles. The number of hydrogen-bond donors (Lipinski definition) is 2. The van der Waals surface area contributed by atoms with Crippen LogP contribution in [-0.2, 0) is 22.9 Å². The number of carbonyl (C=O) groups is 2. The van der Waals surface area contributed by atoms with E-state index in [1.807, 2.05) is 0 Å². The van der Waals surface area contributed by atoms with Crippen LogP contribution in [0.15, 0.2) is 0 Å². The molecule has 0 amide bonds. The molecule has 20 heavy (non-hydrogen) atoms. The zero-order valence-corrected chi connectivity index (χ0v) is 13.4. The Labute approximate surface area is 120 Å². The van der Waals surface area contributed by atoms with Gasteiger partial charge in [0.15, 0.2) is 5.92 Å². The van der Waals surface area contributed by atoms with Crippen molar-refractivity contribution in [3.8, 4) is 0 Å². The van der Waals surface area contributed by atoms with Gasteiger partial charge in [-0.15, -0.1) is 0 Å². The number of carboxylic acids is 2. The summed E-state index contributed by atoms with van der Waals surface area (Å²) in [6.07, 6.45) is 0.287. The van der Waals surface area contributed by atoms with Gasteiger partial charge < -0.3 is 23.5 Å². The highest BCUT2D eigenvalue weighted by Crippen LogP contribution is 2.36. The van der Waals surface area contributed by atoms with E-state index in [-0.39, 0.29) is 26.2 Å². The van der Waals surface area contributed by atoms with Crippen LogP contribution >= 0.6 is 0 Å². The first-order valence-corrected chi connectivity index (χ1v) is 8.57. The molecule has 7 nitrogen and oxygen atoms in total. The Morgan fingerprint density at radius 3 is 1.45 bits per heavy atom. The van der Waals surface area contributed by atoms with Crippen LogP contribution in [0.25, 0.3) is 0 Å². The van der Waals surface area contributed by atoms with Crippen molar-refractivity contribution in [3.63, 3.8) is 0 Å². The highest BCUT2D eigenvalue weighted by molar-refractivity contribution is 6.63. The Bertz CT molecular complexity index is 290. The topological polar surface area (TPSA) is 102 Å². The predicted octanol–water partition coefficient (Wildman–Crippen LogP) is 1.60. The molecule has 8 heteroatoms. The van der Waals surface area contributed by atoms with Gasteiger partial charge in [0.05, 0.1) is 5.54 Å². The van der Waals surface area contributed by atoms with Crippen molar-refractivity contribution in [2.24, 2.45) is 5.92 Å². The maximum atomic E-state index is 11.3. The lowest BCUT2D eigenvalue weighted by atomic mass is 10.0. The van der Waals surface area contributed by atoms with Gasteiger partial charge in [0.1, 0.15) is 0 Å². The van der Waals surface area contributed by atoms with Crippen molar-refractivity contribution < 1.29 is 33.1 Å². The lowest BCUT2D eigenvalue weighted by Crippen LogP contribution is -2.54. The van der Waals surface area contributed by atoms with E-state index in [0.29, 0.717) is 0 Å². The van der Waals surface area contributed by atoms with Crippen LogP contribution in [0.3, 0.4) is 0 Å². The van der Waals surface area contributed by atoms with Crippen molar-refractivity contribution in [2.75, 3.05) is 19.8 Å². The molecule has 118 valence electrons. The fourth-order valence-electron chi connectivity index (χ4n) is 2.19. The van der Waals surface area contributed by atoms with Crippen molar-refractivity contribution in [1.82, 2.24) is 0 Å². The smallest absolute Gasteiger partial charge is 0.481 e. The first kappa shape index (κ1) is 19.0. The van der Waals surface area contributed by atoms with Gasteiger partial charge in [0.2, 0.25) is 0 Å². The molecule has 0 aromatic rings. The van der Waals surface area contributed by atoms with E-state index in [4.69, 9.17) is 13.3 Å². The van der Waals surface area contributed by atoms with Gasteiger partial charge in [0.25, 0.3) is 0 Å². The molecule has 2 N–H and O–H groups in total. The van der Waals surface area contributed by atoms with Crippen molar-refractivity contribution in [2.45, 2.75) is 39.7 Å². The molecule has 0 saturated heterocycles. The summed E-state index contributed by atoms with van der Waals surface area (Å²) in [5.41, 5.74) is -0.822. The number of carboxylic acid groups (broad SMARTS) is 2. The molecular weight excluding hydrogens is 284 g/mol.